The third-order valence-corrected chi connectivity index (χ3v) is 6.03. The summed E-state index contributed by atoms with van der Waals surface area (Å²) in [5.41, 5.74) is 6.40. The molecule has 1 aromatic heterocycles. The van der Waals surface area contributed by atoms with Gasteiger partial charge in [-0.05, 0) is 48.0 Å². The van der Waals surface area contributed by atoms with Gasteiger partial charge in [-0.2, -0.15) is 4.37 Å². The minimum absolute atomic E-state index is 0.000282. The molecular formula is C23H32N4O6S. The predicted octanol–water partition coefficient (Wildman–Crippen LogP) is 2.37. The van der Waals surface area contributed by atoms with Crippen molar-refractivity contribution in [2.24, 2.45) is 5.92 Å². The third-order valence-electron chi connectivity index (χ3n) is 5.17. The van der Waals surface area contributed by atoms with E-state index in [-0.39, 0.29) is 53.1 Å². The van der Waals surface area contributed by atoms with Gasteiger partial charge in [-0.25, -0.2) is 0 Å². The van der Waals surface area contributed by atoms with Crippen LogP contribution in [-0.2, 0) is 4.79 Å². The highest BCUT2D eigenvalue weighted by Gasteiger charge is 2.34. The normalized spacial score (nSPS) is 11.8. The maximum atomic E-state index is 13.6. The van der Waals surface area contributed by atoms with Crippen LogP contribution < -0.4 is 15.8 Å². The number of Topliss-reactive ketones (excluding diaryl/α,β-unsaturated/α-hetero) is 1. The highest BCUT2D eigenvalue weighted by Crippen LogP contribution is 2.33. The molecular weight excluding hydrogens is 460 g/mol. The van der Waals surface area contributed by atoms with Gasteiger partial charge in [-0.3, -0.25) is 14.4 Å². The van der Waals surface area contributed by atoms with Gasteiger partial charge in [0.25, 0.3) is 5.91 Å². The van der Waals surface area contributed by atoms with Crippen LogP contribution in [0.3, 0.4) is 0 Å². The van der Waals surface area contributed by atoms with Gasteiger partial charge in [0.15, 0.2) is 17.3 Å². The van der Waals surface area contributed by atoms with Crippen LogP contribution in [0.25, 0.3) is 0 Å². The van der Waals surface area contributed by atoms with Crippen molar-refractivity contribution >= 4 is 34.8 Å². The number of methoxy groups -OCH3 is 1. The number of aliphatic hydroxyl groups is 1. The van der Waals surface area contributed by atoms with E-state index in [9.17, 15) is 24.6 Å². The molecule has 34 heavy (non-hydrogen) atoms. The van der Waals surface area contributed by atoms with Crippen molar-refractivity contribution in [3.63, 3.8) is 0 Å². The van der Waals surface area contributed by atoms with E-state index in [1.165, 1.54) is 37.1 Å². The molecule has 2 aromatic rings. The highest BCUT2D eigenvalue weighted by atomic mass is 32.1. The van der Waals surface area contributed by atoms with Crippen LogP contribution in [0.5, 0.6) is 11.5 Å². The van der Waals surface area contributed by atoms with Crippen molar-refractivity contribution in [2.45, 2.75) is 39.7 Å². The standard InChI is InChI=1S/C23H32N4O6S/c1-13(2)8-9-25-22(31)20(15-6-7-16(30)17(12-15)33-4)27(10-5-11-28)23(32)21-18(24)19(14(3)29)26-34-21/h6-7,12-13,20,28,30H,5,8-11,24H2,1-4H3,(H,25,31). The van der Waals surface area contributed by atoms with E-state index in [0.717, 1.165) is 18.0 Å². The van der Waals surface area contributed by atoms with Crippen LogP contribution in [0.15, 0.2) is 18.2 Å². The van der Waals surface area contributed by atoms with Crippen molar-refractivity contribution in [2.75, 3.05) is 32.5 Å². The van der Waals surface area contributed by atoms with E-state index in [1.54, 1.807) is 0 Å². The lowest BCUT2D eigenvalue weighted by atomic mass is 10.0. The predicted molar refractivity (Wildman–Crippen MR) is 129 cm³/mol. The summed E-state index contributed by atoms with van der Waals surface area (Å²) in [4.78, 5) is 40.1. The molecule has 0 fully saturated rings. The number of benzene rings is 1. The number of nitrogens with zero attached hydrogens (tertiary/aromatic N) is 2. The zero-order chi connectivity index (χ0) is 25.4. The average molecular weight is 493 g/mol. The maximum absolute atomic E-state index is 13.6. The molecule has 1 aromatic carbocycles. The number of nitrogen functional groups attached to an aromatic ring is 1. The van der Waals surface area contributed by atoms with E-state index in [2.05, 4.69) is 9.69 Å². The minimum atomic E-state index is -1.11. The van der Waals surface area contributed by atoms with Crippen LogP contribution in [-0.4, -0.2) is 63.9 Å². The molecule has 0 bridgehead atoms. The van der Waals surface area contributed by atoms with E-state index in [4.69, 9.17) is 10.5 Å². The fraction of sp³-hybridized carbons (Fsp3) is 0.478. The molecule has 0 saturated heterocycles. The lowest BCUT2D eigenvalue weighted by molar-refractivity contribution is -0.126. The van der Waals surface area contributed by atoms with Gasteiger partial charge in [-0.15, -0.1) is 0 Å². The van der Waals surface area contributed by atoms with Gasteiger partial charge in [0.05, 0.1) is 12.8 Å². The number of amides is 2. The zero-order valence-electron chi connectivity index (χ0n) is 19.8. The fourth-order valence-corrected chi connectivity index (χ4v) is 4.14. The second-order valence-corrected chi connectivity index (χ2v) is 8.99. The van der Waals surface area contributed by atoms with E-state index < -0.39 is 17.9 Å². The monoisotopic (exact) mass is 492 g/mol. The Hall–Kier alpha value is -3.18. The first-order valence-corrected chi connectivity index (χ1v) is 11.7. The first-order chi connectivity index (χ1) is 16.1. The van der Waals surface area contributed by atoms with Gasteiger partial charge >= 0.3 is 0 Å². The zero-order valence-corrected chi connectivity index (χ0v) is 20.6. The van der Waals surface area contributed by atoms with Gasteiger partial charge in [0.1, 0.15) is 16.6 Å². The number of ketones is 1. The lowest BCUT2D eigenvalue weighted by Gasteiger charge is -2.31. The van der Waals surface area contributed by atoms with Gasteiger partial charge in [0, 0.05) is 26.6 Å². The average Bonchev–Trinajstić information content (AvgIpc) is 3.18. The van der Waals surface area contributed by atoms with Crippen molar-refractivity contribution in [1.82, 2.24) is 14.6 Å². The Morgan fingerprint density at radius 1 is 1.29 bits per heavy atom. The lowest BCUT2D eigenvalue weighted by Crippen LogP contribution is -2.44. The highest BCUT2D eigenvalue weighted by molar-refractivity contribution is 7.09. The Kier molecular flexibility index (Phi) is 9.82. The molecule has 0 spiro atoms. The Bertz CT molecular complexity index is 1020. The topological polar surface area (TPSA) is 155 Å². The van der Waals surface area contributed by atoms with Gasteiger partial charge < -0.3 is 30.9 Å². The van der Waals surface area contributed by atoms with Crippen LogP contribution in [0.2, 0.25) is 0 Å². The molecule has 0 radical (unpaired) electrons. The van der Waals surface area contributed by atoms with Crippen molar-refractivity contribution in [3.05, 3.63) is 34.3 Å². The molecule has 0 aliphatic heterocycles. The number of aromatic hydroxyl groups is 1. The number of ether oxygens (including phenoxy) is 1. The smallest absolute Gasteiger partial charge is 0.268 e. The molecule has 1 heterocycles. The van der Waals surface area contributed by atoms with Crippen LogP contribution in [0, 0.1) is 5.92 Å². The molecule has 0 saturated carbocycles. The molecule has 1 atom stereocenters. The summed E-state index contributed by atoms with van der Waals surface area (Å²) in [6.07, 6.45) is 0.945. The van der Waals surface area contributed by atoms with Crippen LogP contribution in [0.4, 0.5) is 5.69 Å². The van der Waals surface area contributed by atoms with Gasteiger partial charge in [-0.1, -0.05) is 19.9 Å². The number of hydrogen-bond acceptors (Lipinski definition) is 9. The summed E-state index contributed by atoms with van der Waals surface area (Å²) in [5, 5.41) is 22.3. The largest absolute Gasteiger partial charge is 0.504 e. The van der Waals surface area contributed by atoms with Crippen LogP contribution in [0.1, 0.15) is 65.4 Å². The van der Waals surface area contributed by atoms with Gasteiger partial charge in [0.2, 0.25) is 5.91 Å². The number of carbonyl (C=O) groups excluding carboxylic acids is 3. The number of anilines is 1. The summed E-state index contributed by atoms with van der Waals surface area (Å²) in [6, 6.07) is 3.29. The summed E-state index contributed by atoms with van der Waals surface area (Å²) < 4.78 is 9.19. The van der Waals surface area contributed by atoms with E-state index >= 15 is 0 Å². The first kappa shape index (κ1) is 27.1. The molecule has 2 amide bonds. The summed E-state index contributed by atoms with van der Waals surface area (Å²) >= 11 is 0.785. The Morgan fingerprint density at radius 2 is 2.00 bits per heavy atom. The Labute approximate surface area is 202 Å². The molecule has 11 heteroatoms. The number of phenolic OH excluding ortho intramolecular Hbond substituents is 1. The number of nitrogens with one attached hydrogen (secondary N) is 1. The summed E-state index contributed by atoms with van der Waals surface area (Å²) in [5.74, 6) is -1.01. The second kappa shape index (κ2) is 12.3. The van der Waals surface area contributed by atoms with Crippen molar-refractivity contribution < 1.29 is 29.3 Å². The summed E-state index contributed by atoms with van der Waals surface area (Å²) in [6.45, 7) is 5.60. The fourth-order valence-electron chi connectivity index (χ4n) is 3.34. The molecule has 186 valence electrons. The maximum Gasteiger partial charge on any atom is 0.268 e. The Balaban J connectivity index is 2.55. The van der Waals surface area contributed by atoms with Crippen molar-refractivity contribution in [3.8, 4) is 11.5 Å². The number of carbonyl (C=O) groups is 3. The number of aromatic nitrogens is 1. The van der Waals surface area contributed by atoms with E-state index in [0.29, 0.717) is 18.0 Å². The second-order valence-electron chi connectivity index (χ2n) is 8.21. The molecule has 10 nitrogen and oxygen atoms in total. The molecule has 0 aliphatic carbocycles. The summed E-state index contributed by atoms with van der Waals surface area (Å²) in [7, 11) is 1.38. The number of rotatable bonds is 12. The molecule has 2 rings (SSSR count). The number of hydrogen-bond donors (Lipinski definition) is 4. The first-order valence-electron chi connectivity index (χ1n) is 10.9. The minimum Gasteiger partial charge on any atom is -0.504 e. The van der Waals surface area contributed by atoms with Crippen molar-refractivity contribution in [1.29, 1.82) is 0 Å². The third kappa shape index (κ3) is 6.45. The quantitative estimate of drug-likeness (QED) is 0.329. The SMILES string of the molecule is COc1cc(C(C(=O)NCCC(C)C)N(CCCO)C(=O)c2snc(C(C)=O)c2N)ccc1O. The number of aliphatic hydroxyl groups excluding tert-OH is 1. The van der Waals surface area contributed by atoms with E-state index in [1.807, 2.05) is 13.8 Å². The molecule has 5 N–H and O–H groups in total. The Morgan fingerprint density at radius 3 is 2.56 bits per heavy atom. The molecule has 0 aliphatic rings. The molecule has 1 unspecified atom stereocenters. The number of phenols is 1. The number of nitrogens with two attached hydrogens (primary N) is 1. The van der Waals surface area contributed by atoms with Crippen LogP contribution >= 0.6 is 11.5 Å².